The first kappa shape index (κ1) is 7.44. The van der Waals surface area contributed by atoms with Crippen molar-refractivity contribution in [3.8, 4) is 0 Å². The molecule has 0 atom stereocenters. The van der Waals surface area contributed by atoms with E-state index in [9.17, 15) is 4.79 Å². The van der Waals surface area contributed by atoms with E-state index in [1.807, 2.05) is 30.0 Å². The summed E-state index contributed by atoms with van der Waals surface area (Å²) in [4.78, 5) is 11.7. The van der Waals surface area contributed by atoms with Crippen molar-refractivity contribution < 1.29 is 4.79 Å². The lowest BCUT2D eigenvalue weighted by molar-refractivity contribution is -0.119. The van der Waals surface area contributed by atoms with Gasteiger partial charge in [-0.3, -0.25) is 4.79 Å². The highest BCUT2D eigenvalue weighted by molar-refractivity contribution is 8.01. The second-order valence-corrected chi connectivity index (χ2v) is 4.56. The first-order valence-electron chi connectivity index (χ1n) is 4.32. The molecule has 2 heterocycles. The maximum absolute atomic E-state index is 11.7. The monoisotopic (exact) mass is 191 g/mol. The summed E-state index contributed by atoms with van der Waals surface area (Å²) in [7, 11) is 0. The van der Waals surface area contributed by atoms with E-state index in [-0.39, 0.29) is 11.3 Å². The van der Waals surface area contributed by atoms with Gasteiger partial charge in [-0.05, 0) is 11.6 Å². The highest BCUT2D eigenvalue weighted by Gasteiger charge is 2.51. The molecule has 0 radical (unpaired) electrons. The number of thioether (sulfide) groups is 1. The number of benzene rings is 1. The van der Waals surface area contributed by atoms with Crippen LogP contribution in [0.5, 0.6) is 0 Å². The summed E-state index contributed by atoms with van der Waals surface area (Å²) in [6.07, 6.45) is 0. The van der Waals surface area contributed by atoms with Gasteiger partial charge in [0.15, 0.2) is 0 Å². The van der Waals surface area contributed by atoms with Crippen molar-refractivity contribution in [1.82, 2.24) is 0 Å². The van der Waals surface area contributed by atoms with Gasteiger partial charge in [0.1, 0.15) is 0 Å². The summed E-state index contributed by atoms with van der Waals surface area (Å²) in [6, 6.07) is 8.01. The number of rotatable bonds is 0. The van der Waals surface area contributed by atoms with Crippen LogP contribution in [0.3, 0.4) is 0 Å². The second kappa shape index (κ2) is 2.29. The number of carbonyl (C=O) groups excluding carboxylic acids is 1. The number of fused-ring (bicyclic) bond motifs is 2. The lowest BCUT2D eigenvalue weighted by Crippen LogP contribution is -2.46. The van der Waals surface area contributed by atoms with Crippen LogP contribution in [0.4, 0.5) is 5.69 Å². The van der Waals surface area contributed by atoms with Crippen molar-refractivity contribution in [3.05, 3.63) is 29.8 Å². The second-order valence-electron chi connectivity index (χ2n) is 3.57. The molecule has 0 bridgehead atoms. The maximum Gasteiger partial charge on any atom is 0.236 e. The smallest absolute Gasteiger partial charge is 0.236 e. The summed E-state index contributed by atoms with van der Waals surface area (Å²) in [6.45, 7) is 0. The fourth-order valence-electron chi connectivity index (χ4n) is 1.97. The van der Waals surface area contributed by atoms with E-state index in [0.717, 1.165) is 17.2 Å². The molecule has 66 valence electrons. The molecule has 3 rings (SSSR count). The van der Waals surface area contributed by atoms with Gasteiger partial charge in [-0.15, -0.1) is 0 Å². The Bertz CT molecular complexity index is 384. The van der Waals surface area contributed by atoms with Crippen molar-refractivity contribution >= 4 is 23.4 Å². The topological polar surface area (TPSA) is 29.1 Å². The van der Waals surface area contributed by atoms with Crippen LogP contribution in [-0.4, -0.2) is 17.4 Å². The SMILES string of the molecule is O=C1Nc2ccccc2C12CSC2. The summed E-state index contributed by atoms with van der Waals surface area (Å²) in [5, 5.41) is 2.94. The lowest BCUT2D eigenvalue weighted by atomic mass is 9.85. The Labute approximate surface area is 80.7 Å². The third kappa shape index (κ3) is 0.779. The van der Waals surface area contributed by atoms with Crippen LogP contribution in [-0.2, 0) is 10.2 Å². The predicted octanol–water partition coefficient (Wildman–Crippen LogP) is 1.62. The van der Waals surface area contributed by atoms with E-state index in [2.05, 4.69) is 11.4 Å². The Morgan fingerprint density at radius 3 is 2.77 bits per heavy atom. The van der Waals surface area contributed by atoms with Gasteiger partial charge >= 0.3 is 0 Å². The van der Waals surface area contributed by atoms with E-state index in [0.29, 0.717) is 0 Å². The van der Waals surface area contributed by atoms with Crippen LogP contribution in [0.25, 0.3) is 0 Å². The number of anilines is 1. The van der Waals surface area contributed by atoms with Crippen molar-refractivity contribution in [3.63, 3.8) is 0 Å². The number of nitrogens with one attached hydrogen (secondary N) is 1. The van der Waals surface area contributed by atoms with Gasteiger partial charge in [0.25, 0.3) is 0 Å². The number of hydrogen-bond acceptors (Lipinski definition) is 2. The van der Waals surface area contributed by atoms with E-state index in [1.165, 1.54) is 5.56 Å². The van der Waals surface area contributed by atoms with Crippen molar-refractivity contribution in [2.45, 2.75) is 5.41 Å². The molecule has 2 aliphatic heterocycles. The average molecular weight is 191 g/mol. The molecule has 2 aliphatic rings. The molecule has 0 unspecified atom stereocenters. The van der Waals surface area contributed by atoms with Gasteiger partial charge < -0.3 is 5.32 Å². The Kier molecular flexibility index (Phi) is 1.31. The zero-order chi connectivity index (χ0) is 8.89. The number of carbonyl (C=O) groups is 1. The van der Waals surface area contributed by atoms with Crippen LogP contribution in [0.15, 0.2) is 24.3 Å². The molecule has 2 nitrogen and oxygen atoms in total. The minimum Gasteiger partial charge on any atom is -0.325 e. The Morgan fingerprint density at radius 2 is 2.08 bits per heavy atom. The quantitative estimate of drug-likeness (QED) is 0.675. The van der Waals surface area contributed by atoms with Crippen LogP contribution >= 0.6 is 11.8 Å². The molecule has 1 spiro atoms. The zero-order valence-electron chi connectivity index (χ0n) is 7.04. The molecule has 13 heavy (non-hydrogen) atoms. The standard InChI is InChI=1S/C10H9NOS/c12-9-10(5-13-6-10)7-3-1-2-4-8(7)11-9/h1-4H,5-6H2,(H,11,12). The largest absolute Gasteiger partial charge is 0.325 e. The average Bonchev–Trinajstić information content (AvgIpc) is 2.35. The van der Waals surface area contributed by atoms with Crippen LogP contribution < -0.4 is 5.32 Å². The fraction of sp³-hybridized carbons (Fsp3) is 0.300. The predicted molar refractivity (Wildman–Crippen MR) is 54.1 cm³/mol. The molecule has 1 fully saturated rings. The summed E-state index contributed by atoms with van der Waals surface area (Å²) in [5.41, 5.74) is 2.02. The van der Waals surface area contributed by atoms with Gasteiger partial charge in [-0.2, -0.15) is 11.8 Å². The van der Waals surface area contributed by atoms with Crippen LogP contribution in [0.1, 0.15) is 5.56 Å². The maximum atomic E-state index is 11.7. The summed E-state index contributed by atoms with van der Waals surface area (Å²) < 4.78 is 0. The van der Waals surface area contributed by atoms with E-state index in [4.69, 9.17) is 0 Å². The molecule has 1 aromatic carbocycles. The minimum atomic E-state index is -0.179. The Balaban J connectivity index is 2.20. The summed E-state index contributed by atoms with van der Waals surface area (Å²) in [5.74, 6) is 2.07. The van der Waals surface area contributed by atoms with E-state index < -0.39 is 0 Å². The molecule has 0 aliphatic carbocycles. The fourth-order valence-corrected chi connectivity index (χ4v) is 3.15. The van der Waals surface area contributed by atoms with Gasteiger partial charge in [-0.25, -0.2) is 0 Å². The molecule has 3 heteroatoms. The van der Waals surface area contributed by atoms with Crippen molar-refractivity contribution in [1.29, 1.82) is 0 Å². The Hall–Kier alpha value is -0.960. The number of amides is 1. The van der Waals surface area contributed by atoms with E-state index >= 15 is 0 Å². The molecule has 1 aromatic rings. The van der Waals surface area contributed by atoms with Crippen LogP contribution in [0.2, 0.25) is 0 Å². The van der Waals surface area contributed by atoms with E-state index in [1.54, 1.807) is 0 Å². The molecular formula is C10H9NOS. The van der Waals surface area contributed by atoms with Gasteiger partial charge in [0.05, 0.1) is 5.41 Å². The Morgan fingerprint density at radius 1 is 1.31 bits per heavy atom. The summed E-state index contributed by atoms with van der Waals surface area (Å²) >= 11 is 1.84. The van der Waals surface area contributed by atoms with Crippen molar-refractivity contribution in [2.24, 2.45) is 0 Å². The highest BCUT2D eigenvalue weighted by Crippen LogP contribution is 2.48. The lowest BCUT2D eigenvalue weighted by Gasteiger charge is -2.35. The minimum absolute atomic E-state index is 0.179. The number of hydrogen-bond donors (Lipinski definition) is 1. The first-order chi connectivity index (χ1) is 6.33. The zero-order valence-corrected chi connectivity index (χ0v) is 7.86. The first-order valence-corrected chi connectivity index (χ1v) is 5.47. The molecule has 1 amide bonds. The third-order valence-corrected chi connectivity index (χ3v) is 4.22. The normalized spacial score (nSPS) is 22.3. The molecule has 0 saturated carbocycles. The van der Waals surface area contributed by atoms with Gasteiger partial charge in [0, 0.05) is 17.2 Å². The van der Waals surface area contributed by atoms with Crippen LogP contribution in [0, 0.1) is 0 Å². The third-order valence-electron chi connectivity index (χ3n) is 2.82. The van der Waals surface area contributed by atoms with Gasteiger partial charge in [0.2, 0.25) is 5.91 Å². The molecule has 0 aromatic heterocycles. The number of para-hydroxylation sites is 1. The molecular weight excluding hydrogens is 182 g/mol. The molecule has 1 saturated heterocycles. The van der Waals surface area contributed by atoms with Crippen molar-refractivity contribution in [2.75, 3.05) is 16.8 Å². The molecule has 1 N–H and O–H groups in total. The highest BCUT2D eigenvalue weighted by atomic mass is 32.2. The van der Waals surface area contributed by atoms with Gasteiger partial charge in [-0.1, -0.05) is 18.2 Å².